The molecule has 3 heteroatoms. The van der Waals surface area contributed by atoms with E-state index in [1.54, 1.807) is 0 Å². The highest BCUT2D eigenvalue weighted by Crippen LogP contribution is 2.58. The maximum absolute atomic E-state index is 6.54. The first-order chi connectivity index (χ1) is 18.5. The smallest absolute Gasteiger partial charge is 0.135 e. The van der Waals surface area contributed by atoms with Crippen LogP contribution in [0, 0.1) is 5.41 Å². The van der Waals surface area contributed by atoms with Crippen LogP contribution in [0.3, 0.4) is 0 Å². The highest BCUT2D eigenvalue weighted by molar-refractivity contribution is 7.25. The van der Waals surface area contributed by atoms with Crippen LogP contribution in [-0.4, -0.2) is 4.98 Å². The number of furan rings is 1. The third-order valence-electron chi connectivity index (χ3n) is 9.14. The van der Waals surface area contributed by atoms with Crippen molar-refractivity contribution in [1.82, 2.24) is 4.98 Å². The first kappa shape index (κ1) is 24.6. The number of rotatable bonds is 2. The number of hydrogen-bond acceptors (Lipinski definition) is 3. The van der Waals surface area contributed by atoms with Crippen LogP contribution in [-0.2, 0) is 17.3 Å². The van der Waals surface area contributed by atoms with Crippen LogP contribution in [0.25, 0.3) is 53.7 Å². The highest BCUT2D eigenvalue weighted by Gasteiger charge is 2.49. The van der Waals surface area contributed by atoms with Gasteiger partial charge >= 0.3 is 0 Å². The molecule has 0 saturated heterocycles. The maximum atomic E-state index is 6.54. The first-order valence-corrected chi connectivity index (χ1v) is 14.7. The van der Waals surface area contributed by atoms with Gasteiger partial charge in [-0.1, -0.05) is 78.8 Å². The summed E-state index contributed by atoms with van der Waals surface area (Å²) in [5, 5.41) is 3.90. The van der Waals surface area contributed by atoms with Gasteiger partial charge in [-0.05, 0) is 64.9 Å². The lowest BCUT2D eigenvalue weighted by molar-refractivity contribution is 0.301. The van der Waals surface area contributed by atoms with E-state index in [1.807, 2.05) is 17.5 Å². The lowest BCUT2D eigenvalue weighted by Gasteiger charge is -2.48. The van der Waals surface area contributed by atoms with Gasteiger partial charge in [0.1, 0.15) is 11.3 Å². The molecule has 0 N–H and O–H groups in total. The molecule has 0 unspecified atom stereocenters. The minimum atomic E-state index is -0.188. The van der Waals surface area contributed by atoms with Gasteiger partial charge in [0.25, 0.3) is 0 Å². The minimum Gasteiger partial charge on any atom is -0.456 e. The summed E-state index contributed by atoms with van der Waals surface area (Å²) < 4.78 is 9.24. The summed E-state index contributed by atoms with van der Waals surface area (Å²) in [5.74, 6) is 0.922. The van der Waals surface area contributed by atoms with Crippen LogP contribution >= 0.6 is 11.3 Å². The molecule has 0 aliphatic heterocycles. The summed E-state index contributed by atoms with van der Waals surface area (Å²) in [6.45, 7) is 16.5. The lowest BCUT2D eigenvalue weighted by atomic mass is 9.55. The third-order valence-corrected chi connectivity index (χ3v) is 10.3. The Bertz CT molecular complexity index is 1930. The van der Waals surface area contributed by atoms with Crippen molar-refractivity contribution in [2.24, 2.45) is 5.41 Å². The zero-order valence-corrected chi connectivity index (χ0v) is 24.7. The molecule has 3 aromatic heterocycles. The molecule has 3 heterocycles. The molecule has 0 atom stereocenters. The van der Waals surface area contributed by atoms with Gasteiger partial charge in [0.05, 0.1) is 5.69 Å². The largest absolute Gasteiger partial charge is 0.456 e. The fourth-order valence-electron chi connectivity index (χ4n) is 6.74. The molecule has 6 aromatic rings. The van der Waals surface area contributed by atoms with E-state index in [-0.39, 0.29) is 16.2 Å². The molecule has 3 aromatic carbocycles. The topological polar surface area (TPSA) is 26.0 Å². The predicted octanol–water partition coefficient (Wildman–Crippen LogP) is 10.7. The number of aromatic nitrogens is 1. The van der Waals surface area contributed by atoms with Crippen LogP contribution in [0.2, 0.25) is 0 Å². The van der Waals surface area contributed by atoms with Gasteiger partial charge < -0.3 is 4.42 Å². The molecule has 0 fully saturated rings. The Morgan fingerprint density at radius 2 is 1.56 bits per heavy atom. The number of pyridine rings is 1. The van der Waals surface area contributed by atoms with Crippen molar-refractivity contribution in [3.8, 4) is 22.6 Å². The molecule has 0 spiro atoms. The zero-order valence-electron chi connectivity index (χ0n) is 23.9. The SMILES string of the molecule is CC(C)(C)Cc1ccc2oc(-c3ccnc4c3C(C)(C)C(C)(C)c3c-4ccc4sc5ccccc5c34)cc2c1. The molecule has 2 nitrogen and oxygen atoms in total. The molecular weight excluding hydrogens is 494 g/mol. The van der Waals surface area contributed by atoms with Crippen molar-refractivity contribution in [3.63, 3.8) is 0 Å². The van der Waals surface area contributed by atoms with Crippen LogP contribution in [0.5, 0.6) is 0 Å². The van der Waals surface area contributed by atoms with Crippen molar-refractivity contribution >= 4 is 42.5 Å². The summed E-state index contributed by atoms with van der Waals surface area (Å²) in [6, 6.07) is 24.4. The van der Waals surface area contributed by atoms with Gasteiger partial charge in [0.15, 0.2) is 0 Å². The molecule has 39 heavy (non-hydrogen) atoms. The summed E-state index contributed by atoms with van der Waals surface area (Å²) in [6.07, 6.45) is 3.00. The van der Waals surface area contributed by atoms with Gasteiger partial charge in [-0.2, -0.15) is 0 Å². The Balaban J connectivity index is 1.48. The molecule has 0 saturated carbocycles. The third kappa shape index (κ3) is 3.55. The molecule has 0 bridgehead atoms. The van der Waals surface area contributed by atoms with Crippen molar-refractivity contribution in [1.29, 1.82) is 0 Å². The second-order valence-corrected chi connectivity index (χ2v) is 14.6. The fraction of sp³-hybridized carbons (Fsp3) is 0.306. The van der Waals surface area contributed by atoms with E-state index in [2.05, 4.69) is 115 Å². The average Bonchev–Trinajstić information content (AvgIpc) is 3.47. The quantitative estimate of drug-likeness (QED) is 0.223. The minimum absolute atomic E-state index is 0.137. The van der Waals surface area contributed by atoms with E-state index in [9.17, 15) is 0 Å². The Hall–Kier alpha value is -3.43. The number of nitrogens with zero attached hydrogens (tertiary/aromatic N) is 1. The second-order valence-electron chi connectivity index (χ2n) is 13.5. The Morgan fingerprint density at radius 1 is 0.795 bits per heavy atom. The number of hydrogen-bond donors (Lipinski definition) is 0. The van der Waals surface area contributed by atoms with Crippen LogP contribution in [0.1, 0.15) is 65.2 Å². The second kappa shape index (κ2) is 8.05. The van der Waals surface area contributed by atoms with E-state index in [0.717, 1.165) is 34.4 Å². The van der Waals surface area contributed by atoms with Gasteiger partial charge in [0, 0.05) is 53.7 Å². The summed E-state index contributed by atoms with van der Waals surface area (Å²) in [5.41, 5.74) is 8.36. The Morgan fingerprint density at radius 3 is 2.36 bits per heavy atom. The predicted molar refractivity (Wildman–Crippen MR) is 167 cm³/mol. The summed E-state index contributed by atoms with van der Waals surface area (Å²) in [7, 11) is 0. The molecule has 196 valence electrons. The molecule has 0 radical (unpaired) electrons. The van der Waals surface area contributed by atoms with E-state index in [4.69, 9.17) is 9.40 Å². The van der Waals surface area contributed by atoms with Crippen LogP contribution < -0.4 is 0 Å². The normalized spacial score (nSPS) is 16.1. The monoisotopic (exact) mass is 529 g/mol. The van der Waals surface area contributed by atoms with Gasteiger partial charge in [-0.3, -0.25) is 4.98 Å². The molecule has 7 rings (SSSR count). The summed E-state index contributed by atoms with van der Waals surface area (Å²) >= 11 is 1.89. The van der Waals surface area contributed by atoms with Crippen molar-refractivity contribution in [2.45, 2.75) is 65.7 Å². The van der Waals surface area contributed by atoms with E-state index >= 15 is 0 Å². The van der Waals surface area contributed by atoms with Gasteiger partial charge in [0.2, 0.25) is 0 Å². The standard InChI is InChI=1S/C36H35NOS/c1-34(2,3)20-21-12-14-26-22(18-21)19-27(38-26)23-16-17-37-33-25-13-15-29-30(24-10-8-9-11-28(24)39-29)31(25)35(4,5)36(6,7)32(23)33/h8-19H,20H2,1-7H3. The maximum Gasteiger partial charge on any atom is 0.135 e. The lowest BCUT2D eigenvalue weighted by Crippen LogP contribution is -2.44. The molecule has 1 aliphatic rings. The molecule has 0 amide bonds. The number of thiophene rings is 1. The summed E-state index contributed by atoms with van der Waals surface area (Å²) in [4.78, 5) is 5.05. The van der Waals surface area contributed by atoms with E-state index in [0.29, 0.717) is 0 Å². The van der Waals surface area contributed by atoms with Crippen molar-refractivity contribution in [3.05, 3.63) is 89.6 Å². The van der Waals surface area contributed by atoms with Gasteiger partial charge in [-0.15, -0.1) is 11.3 Å². The highest BCUT2D eigenvalue weighted by atomic mass is 32.1. The van der Waals surface area contributed by atoms with Crippen molar-refractivity contribution in [2.75, 3.05) is 0 Å². The number of fused-ring (bicyclic) bond motifs is 8. The Labute approximate surface area is 234 Å². The Kier molecular flexibility index (Phi) is 5.08. The molecular formula is C36H35NOS. The van der Waals surface area contributed by atoms with E-state index < -0.39 is 0 Å². The van der Waals surface area contributed by atoms with Gasteiger partial charge in [-0.25, -0.2) is 0 Å². The molecule has 1 aliphatic carbocycles. The van der Waals surface area contributed by atoms with Crippen LogP contribution in [0.15, 0.2) is 77.3 Å². The fourth-order valence-corrected chi connectivity index (χ4v) is 7.85. The van der Waals surface area contributed by atoms with E-state index in [1.165, 1.54) is 42.4 Å². The number of benzene rings is 3. The first-order valence-electron chi connectivity index (χ1n) is 13.9. The average molecular weight is 530 g/mol. The zero-order chi connectivity index (χ0) is 27.3. The van der Waals surface area contributed by atoms with Crippen molar-refractivity contribution < 1.29 is 4.42 Å². The van der Waals surface area contributed by atoms with Crippen LogP contribution in [0.4, 0.5) is 0 Å².